The van der Waals surface area contributed by atoms with E-state index in [0.717, 1.165) is 22.9 Å². The van der Waals surface area contributed by atoms with Gasteiger partial charge in [0.05, 0.1) is 4.47 Å². The summed E-state index contributed by atoms with van der Waals surface area (Å²) in [5.41, 5.74) is 2.21. The van der Waals surface area contributed by atoms with Crippen molar-refractivity contribution in [2.75, 3.05) is 5.88 Å². The molecule has 0 spiro atoms. The highest BCUT2D eigenvalue weighted by Crippen LogP contribution is 2.25. The largest absolute Gasteiger partial charge is 0.206 e. The Morgan fingerprint density at radius 3 is 2.35 bits per heavy atom. The highest BCUT2D eigenvalue weighted by atomic mass is 79.9. The first-order chi connectivity index (χ1) is 9.60. The number of rotatable bonds is 5. The number of halogens is 4. The predicted molar refractivity (Wildman–Crippen MR) is 89.9 cm³/mol. The second-order valence-electron chi connectivity index (χ2n) is 4.77. The third-order valence-corrected chi connectivity index (χ3v) is 5.05. The molecular formula is C16H14Br2ClF. The molecule has 0 aliphatic carbocycles. The summed E-state index contributed by atoms with van der Waals surface area (Å²) in [5, 5.41) is 0. The molecule has 2 aromatic carbocycles. The van der Waals surface area contributed by atoms with Gasteiger partial charge in [-0.3, -0.25) is 0 Å². The average molecular weight is 421 g/mol. The zero-order valence-corrected chi connectivity index (χ0v) is 14.7. The van der Waals surface area contributed by atoms with Crippen LogP contribution in [-0.4, -0.2) is 5.88 Å². The van der Waals surface area contributed by atoms with Crippen LogP contribution in [0.1, 0.15) is 11.1 Å². The Balaban J connectivity index is 2.09. The zero-order chi connectivity index (χ0) is 14.5. The highest BCUT2D eigenvalue weighted by Gasteiger charge is 2.13. The van der Waals surface area contributed by atoms with Gasteiger partial charge in [-0.05, 0) is 64.0 Å². The van der Waals surface area contributed by atoms with E-state index < -0.39 is 0 Å². The molecule has 0 aliphatic heterocycles. The van der Waals surface area contributed by atoms with Gasteiger partial charge in [0.15, 0.2) is 0 Å². The van der Waals surface area contributed by atoms with E-state index in [2.05, 4.69) is 44.0 Å². The van der Waals surface area contributed by atoms with Gasteiger partial charge in [-0.2, -0.15) is 0 Å². The first-order valence-electron chi connectivity index (χ1n) is 6.33. The van der Waals surface area contributed by atoms with Crippen LogP contribution in [0, 0.1) is 11.7 Å². The molecule has 2 aromatic rings. The third-order valence-electron chi connectivity index (χ3n) is 3.20. The minimum absolute atomic E-state index is 0.223. The summed E-state index contributed by atoms with van der Waals surface area (Å²) < 4.78 is 15.1. The molecule has 0 nitrogen and oxygen atoms in total. The average Bonchev–Trinajstić information content (AvgIpc) is 2.45. The van der Waals surface area contributed by atoms with Crippen LogP contribution < -0.4 is 0 Å². The summed E-state index contributed by atoms with van der Waals surface area (Å²) in [5.74, 6) is 0.620. The first-order valence-corrected chi connectivity index (χ1v) is 8.45. The second kappa shape index (κ2) is 7.58. The van der Waals surface area contributed by atoms with E-state index in [1.807, 2.05) is 18.2 Å². The fraction of sp³-hybridized carbons (Fsp3) is 0.250. The Hall–Kier alpha value is -0.380. The number of hydrogen-bond donors (Lipinski definition) is 0. The fourth-order valence-electron chi connectivity index (χ4n) is 2.15. The lowest BCUT2D eigenvalue weighted by molar-refractivity contribution is 0.572. The standard InChI is InChI=1S/C16H14Br2ClF/c17-14-6-4-11(5-7-14)8-12(10-19)9-13-2-1-3-15(20)16(13)18/h1-7,12H,8-10H2. The Bertz CT molecular complexity index is 569. The maximum atomic E-state index is 13.5. The SMILES string of the molecule is Fc1cccc(CC(CCl)Cc2ccc(Br)cc2)c1Br. The predicted octanol–water partition coefficient (Wildman–Crippen LogP) is 5.99. The number of benzene rings is 2. The van der Waals surface area contributed by atoms with Crippen LogP contribution in [0.15, 0.2) is 51.4 Å². The van der Waals surface area contributed by atoms with E-state index in [1.165, 1.54) is 11.6 Å². The molecule has 20 heavy (non-hydrogen) atoms. The summed E-state index contributed by atoms with van der Waals surface area (Å²) >= 11 is 12.8. The molecular weight excluding hydrogens is 406 g/mol. The monoisotopic (exact) mass is 418 g/mol. The molecule has 1 unspecified atom stereocenters. The van der Waals surface area contributed by atoms with Crippen LogP contribution in [0.5, 0.6) is 0 Å². The molecule has 1 atom stereocenters. The van der Waals surface area contributed by atoms with E-state index in [4.69, 9.17) is 11.6 Å². The van der Waals surface area contributed by atoms with Crippen molar-refractivity contribution < 1.29 is 4.39 Å². The molecule has 0 heterocycles. The Morgan fingerprint density at radius 1 is 1.00 bits per heavy atom. The van der Waals surface area contributed by atoms with Gasteiger partial charge in [0.25, 0.3) is 0 Å². The zero-order valence-electron chi connectivity index (χ0n) is 10.8. The van der Waals surface area contributed by atoms with Crippen LogP contribution >= 0.6 is 43.5 Å². The van der Waals surface area contributed by atoms with E-state index in [9.17, 15) is 4.39 Å². The normalized spacial score (nSPS) is 12.4. The summed E-state index contributed by atoms with van der Waals surface area (Å²) in [6, 6.07) is 13.4. The molecule has 0 aliphatic rings. The molecule has 0 saturated carbocycles. The molecule has 0 N–H and O–H groups in total. The lowest BCUT2D eigenvalue weighted by Crippen LogP contribution is -2.11. The molecule has 2 rings (SSSR count). The maximum Gasteiger partial charge on any atom is 0.137 e. The highest BCUT2D eigenvalue weighted by molar-refractivity contribution is 9.10. The minimum atomic E-state index is -0.223. The third kappa shape index (κ3) is 4.31. The first kappa shape index (κ1) is 16.0. The van der Waals surface area contributed by atoms with E-state index in [-0.39, 0.29) is 11.7 Å². The smallest absolute Gasteiger partial charge is 0.137 e. The van der Waals surface area contributed by atoms with E-state index >= 15 is 0 Å². The van der Waals surface area contributed by atoms with Crippen molar-refractivity contribution in [3.05, 3.63) is 68.4 Å². The van der Waals surface area contributed by atoms with Gasteiger partial charge in [-0.25, -0.2) is 4.39 Å². The van der Waals surface area contributed by atoms with Crippen molar-refractivity contribution in [3.8, 4) is 0 Å². The summed E-state index contributed by atoms with van der Waals surface area (Å²) in [4.78, 5) is 0. The van der Waals surface area contributed by atoms with Gasteiger partial charge in [0.2, 0.25) is 0 Å². The van der Waals surface area contributed by atoms with Gasteiger partial charge in [-0.1, -0.05) is 40.2 Å². The van der Waals surface area contributed by atoms with Crippen molar-refractivity contribution in [3.63, 3.8) is 0 Å². The van der Waals surface area contributed by atoms with Crippen LogP contribution in [-0.2, 0) is 12.8 Å². The van der Waals surface area contributed by atoms with Crippen molar-refractivity contribution in [1.82, 2.24) is 0 Å². The fourth-order valence-corrected chi connectivity index (χ4v) is 3.06. The lowest BCUT2D eigenvalue weighted by atomic mass is 9.94. The molecule has 106 valence electrons. The van der Waals surface area contributed by atoms with Gasteiger partial charge < -0.3 is 0 Å². The van der Waals surface area contributed by atoms with E-state index in [0.29, 0.717) is 10.4 Å². The van der Waals surface area contributed by atoms with Crippen LogP contribution in [0.2, 0.25) is 0 Å². The molecule has 0 amide bonds. The molecule has 0 aromatic heterocycles. The second-order valence-corrected chi connectivity index (χ2v) is 6.79. The summed E-state index contributed by atoms with van der Waals surface area (Å²) in [7, 11) is 0. The van der Waals surface area contributed by atoms with Crippen molar-refractivity contribution >= 4 is 43.5 Å². The lowest BCUT2D eigenvalue weighted by Gasteiger charge is -2.15. The molecule has 0 fully saturated rings. The number of hydrogen-bond acceptors (Lipinski definition) is 0. The molecule has 0 saturated heterocycles. The minimum Gasteiger partial charge on any atom is -0.206 e. The van der Waals surface area contributed by atoms with Crippen LogP contribution in [0.25, 0.3) is 0 Å². The van der Waals surface area contributed by atoms with Crippen molar-refractivity contribution in [2.24, 2.45) is 5.92 Å². The maximum absolute atomic E-state index is 13.5. The van der Waals surface area contributed by atoms with Gasteiger partial charge in [0, 0.05) is 10.4 Å². The Labute approximate surface area is 140 Å². The topological polar surface area (TPSA) is 0 Å². The quantitative estimate of drug-likeness (QED) is 0.521. The van der Waals surface area contributed by atoms with Gasteiger partial charge in [0.1, 0.15) is 5.82 Å². The van der Waals surface area contributed by atoms with Crippen LogP contribution in [0.3, 0.4) is 0 Å². The summed E-state index contributed by atoms with van der Waals surface area (Å²) in [6.45, 7) is 0. The Morgan fingerprint density at radius 2 is 1.70 bits per heavy atom. The van der Waals surface area contributed by atoms with Gasteiger partial charge in [-0.15, -0.1) is 11.6 Å². The van der Waals surface area contributed by atoms with Gasteiger partial charge >= 0.3 is 0 Å². The van der Waals surface area contributed by atoms with Crippen molar-refractivity contribution in [2.45, 2.75) is 12.8 Å². The number of alkyl halides is 1. The molecule has 4 heteroatoms. The van der Waals surface area contributed by atoms with E-state index in [1.54, 1.807) is 6.07 Å². The van der Waals surface area contributed by atoms with Crippen LogP contribution in [0.4, 0.5) is 4.39 Å². The molecule has 0 bridgehead atoms. The molecule has 0 radical (unpaired) electrons. The summed E-state index contributed by atoms with van der Waals surface area (Å²) in [6.07, 6.45) is 1.65. The Kier molecular flexibility index (Phi) is 6.06. The van der Waals surface area contributed by atoms with Crippen molar-refractivity contribution in [1.29, 1.82) is 0 Å².